The summed E-state index contributed by atoms with van der Waals surface area (Å²) in [4.78, 5) is 1.29. The molecule has 19 heavy (non-hydrogen) atoms. The fourth-order valence-corrected chi connectivity index (χ4v) is 1.61. The van der Waals surface area contributed by atoms with Crippen molar-refractivity contribution >= 4 is 5.69 Å². The normalized spacial score (nSPS) is 11.6. The van der Waals surface area contributed by atoms with Gasteiger partial charge in [0.25, 0.3) is 0 Å². The minimum atomic E-state index is -4.35. The Hall–Kier alpha value is -2.12. The Morgan fingerprint density at radius 2 is 2.05 bits per heavy atom. The second kappa shape index (κ2) is 4.87. The van der Waals surface area contributed by atoms with Gasteiger partial charge < -0.3 is 5.32 Å². The lowest BCUT2D eigenvalue weighted by Crippen LogP contribution is -2.09. The van der Waals surface area contributed by atoms with Crippen LogP contribution in [0.5, 0.6) is 0 Å². The third kappa shape index (κ3) is 3.21. The molecule has 0 spiro atoms. The third-order valence-corrected chi connectivity index (χ3v) is 2.54. The Labute approximate surface area is 107 Å². The van der Waals surface area contributed by atoms with Gasteiger partial charge in [0, 0.05) is 5.69 Å². The zero-order chi connectivity index (χ0) is 14.0. The van der Waals surface area contributed by atoms with Crippen molar-refractivity contribution in [2.24, 2.45) is 7.05 Å². The molecule has 0 aliphatic carbocycles. The van der Waals surface area contributed by atoms with Crippen LogP contribution in [-0.4, -0.2) is 20.2 Å². The molecule has 0 atom stereocenters. The molecule has 0 aliphatic heterocycles. The Kier molecular flexibility index (Phi) is 3.41. The summed E-state index contributed by atoms with van der Waals surface area (Å²) in [5.41, 5.74) is -0.0920. The van der Waals surface area contributed by atoms with Gasteiger partial charge in [-0.2, -0.15) is 18.0 Å². The number of hydrogen-bond donors (Lipinski definition) is 1. The topological polar surface area (TPSA) is 55.6 Å². The smallest absolute Gasteiger partial charge is 0.378 e. The highest BCUT2D eigenvalue weighted by Crippen LogP contribution is 2.33. The summed E-state index contributed by atoms with van der Waals surface area (Å²) in [7, 11) is 1.62. The molecule has 0 saturated carbocycles. The Morgan fingerprint density at radius 1 is 1.32 bits per heavy atom. The zero-order valence-electron chi connectivity index (χ0n) is 10.4. The van der Waals surface area contributed by atoms with Gasteiger partial charge in [0.1, 0.15) is 0 Å². The van der Waals surface area contributed by atoms with Gasteiger partial charge in [0.15, 0.2) is 5.82 Å². The number of anilines is 1. The predicted molar refractivity (Wildman–Crippen MR) is 62.3 cm³/mol. The minimum Gasteiger partial charge on any atom is -0.378 e. The van der Waals surface area contributed by atoms with E-state index in [4.69, 9.17) is 0 Å². The van der Waals surface area contributed by atoms with E-state index >= 15 is 0 Å². The first kappa shape index (κ1) is 13.3. The van der Waals surface area contributed by atoms with Crippen LogP contribution in [-0.2, 0) is 19.8 Å². The molecule has 0 aliphatic rings. The molecule has 0 saturated heterocycles. The van der Waals surface area contributed by atoms with Crippen LogP contribution in [0, 0.1) is 6.92 Å². The first-order valence-corrected chi connectivity index (χ1v) is 5.51. The molecule has 0 bridgehead atoms. The van der Waals surface area contributed by atoms with Gasteiger partial charge >= 0.3 is 6.18 Å². The number of aromatic nitrogens is 4. The molecule has 1 heterocycles. The summed E-state index contributed by atoms with van der Waals surface area (Å²) in [5.74, 6) is 0.414. The molecular weight excluding hydrogens is 259 g/mol. The van der Waals surface area contributed by atoms with Crippen LogP contribution in [0.25, 0.3) is 0 Å². The maximum Gasteiger partial charge on any atom is 0.416 e. The van der Waals surface area contributed by atoms with E-state index < -0.39 is 11.7 Å². The van der Waals surface area contributed by atoms with Crippen molar-refractivity contribution in [2.75, 3.05) is 5.32 Å². The first-order valence-electron chi connectivity index (χ1n) is 5.51. The fraction of sp³-hybridized carbons (Fsp3) is 0.364. The van der Waals surface area contributed by atoms with Crippen molar-refractivity contribution < 1.29 is 13.2 Å². The van der Waals surface area contributed by atoms with Crippen molar-refractivity contribution in [3.8, 4) is 0 Å². The molecule has 0 fully saturated rings. The second-order valence-electron chi connectivity index (χ2n) is 4.08. The SMILES string of the molecule is Cc1ccc(NCc2nnn(C)n2)cc1C(F)(F)F. The van der Waals surface area contributed by atoms with Gasteiger partial charge in [-0.3, -0.25) is 0 Å². The van der Waals surface area contributed by atoms with E-state index in [2.05, 4.69) is 20.7 Å². The fourth-order valence-electron chi connectivity index (χ4n) is 1.61. The highest BCUT2D eigenvalue weighted by Gasteiger charge is 2.32. The molecule has 2 aromatic rings. The van der Waals surface area contributed by atoms with Gasteiger partial charge in [-0.15, -0.1) is 10.2 Å². The molecule has 102 valence electrons. The van der Waals surface area contributed by atoms with Crippen molar-refractivity contribution in [3.05, 3.63) is 35.2 Å². The number of nitrogens with zero attached hydrogens (tertiary/aromatic N) is 4. The number of rotatable bonds is 3. The minimum absolute atomic E-state index is 0.190. The molecule has 0 unspecified atom stereocenters. The molecule has 0 radical (unpaired) electrons. The van der Waals surface area contributed by atoms with E-state index in [1.165, 1.54) is 17.8 Å². The highest BCUT2D eigenvalue weighted by atomic mass is 19.4. The molecule has 1 N–H and O–H groups in total. The molecule has 5 nitrogen and oxygen atoms in total. The Morgan fingerprint density at radius 3 is 2.63 bits per heavy atom. The van der Waals surface area contributed by atoms with E-state index in [1.54, 1.807) is 13.1 Å². The van der Waals surface area contributed by atoms with E-state index in [9.17, 15) is 13.2 Å². The molecule has 0 amide bonds. The van der Waals surface area contributed by atoms with Crippen molar-refractivity contribution in [3.63, 3.8) is 0 Å². The van der Waals surface area contributed by atoms with Crippen LogP contribution in [0.2, 0.25) is 0 Å². The molecule has 2 rings (SSSR count). The summed E-state index contributed by atoms with van der Waals surface area (Å²) < 4.78 is 38.2. The van der Waals surface area contributed by atoms with E-state index in [0.717, 1.165) is 6.07 Å². The Balaban J connectivity index is 2.13. The number of halogens is 3. The third-order valence-electron chi connectivity index (χ3n) is 2.54. The van der Waals surface area contributed by atoms with Crippen LogP contribution in [0.4, 0.5) is 18.9 Å². The lowest BCUT2D eigenvalue weighted by Gasteiger charge is -2.12. The van der Waals surface area contributed by atoms with Crippen LogP contribution >= 0.6 is 0 Å². The van der Waals surface area contributed by atoms with Gasteiger partial charge in [-0.1, -0.05) is 6.07 Å². The quantitative estimate of drug-likeness (QED) is 0.929. The average molecular weight is 271 g/mol. The number of hydrogen-bond acceptors (Lipinski definition) is 4. The van der Waals surface area contributed by atoms with E-state index in [0.29, 0.717) is 11.5 Å². The van der Waals surface area contributed by atoms with Gasteiger partial charge in [-0.05, 0) is 29.8 Å². The number of benzene rings is 1. The van der Waals surface area contributed by atoms with Crippen molar-refractivity contribution in [1.82, 2.24) is 20.2 Å². The van der Waals surface area contributed by atoms with Gasteiger partial charge in [0.2, 0.25) is 0 Å². The summed E-state index contributed by atoms with van der Waals surface area (Å²) in [6.07, 6.45) is -4.35. The summed E-state index contributed by atoms with van der Waals surface area (Å²) >= 11 is 0. The summed E-state index contributed by atoms with van der Waals surface area (Å²) in [6, 6.07) is 4.09. The lowest BCUT2D eigenvalue weighted by atomic mass is 10.1. The van der Waals surface area contributed by atoms with Crippen LogP contribution in [0.15, 0.2) is 18.2 Å². The van der Waals surface area contributed by atoms with Crippen LogP contribution < -0.4 is 5.32 Å². The number of aryl methyl sites for hydroxylation is 2. The van der Waals surface area contributed by atoms with Crippen molar-refractivity contribution in [1.29, 1.82) is 0 Å². The van der Waals surface area contributed by atoms with E-state index in [1.807, 2.05) is 0 Å². The largest absolute Gasteiger partial charge is 0.416 e. The van der Waals surface area contributed by atoms with Crippen LogP contribution in [0.1, 0.15) is 17.0 Å². The number of alkyl halides is 3. The zero-order valence-corrected chi connectivity index (χ0v) is 10.4. The molecular formula is C11H12F3N5. The maximum atomic E-state index is 12.7. The highest BCUT2D eigenvalue weighted by molar-refractivity contribution is 5.49. The lowest BCUT2D eigenvalue weighted by molar-refractivity contribution is -0.138. The van der Waals surface area contributed by atoms with Crippen molar-refractivity contribution in [2.45, 2.75) is 19.6 Å². The first-order chi connectivity index (χ1) is 8.86. The van der Waals surface area contributed by atoms with E-state index in [-0.39, 0.29) is 12.1 Å². The average Bonchev–Trinajstić information content (AvgIpc) is 2.72. The Bertz CT molecular complexity index is 576. The summed E-state index contributed by atoms with van der Waals surface area (Å²) in [6.45, 7) is 1.64. The summed E-state index contributed by atoms with van der Waals surface area (Å²) in [5, 5.41) is 14.1. The number of nitrogens with one attached hydrogen (secondary N) is 1. The van der Waals surface area contributed by atoms with Gasteiger partial charge in [0.05, 0.1) is 19.2 Å². The van der Waals surface area contributed by atoms with Crippen LogP contribution in [0.3, 0.4) is 0 Å². The van der Waals surface area contributed by atoms with Gasteiger partial charge in [-0.25, -0.2) is 0 Å². The predicted octanol–water partition coefficient (Wildman–Crippen LogP) is 2.15. The standard InChI is InChI=1S/C11H12F3N5/c1-7-3-4-8(5-9(7)11(12,13)14)15-6-10-16-18-19(2)17-10/h3-5,15H,6H2,1-2H3. The maximum absolute atomic E-state index is 12.7. The molecule has 1 aromatic carbocycles. The second-order valence-corrected chi connectivity index (χ2v) is 4.08. The molecule has 1 aromatic heterocycles. The molecule has 8 heteroatoms. The number of tetrazole rings is 1. The monoisotopic (exact) mass is 271 g/mol.